The molecule has 1 aromatic heterocycles. The lowest BCUT2D eigenvalue weighted by molar-refractivity contribution is -0.239. The van der Waals surface area contributed by atoms with Crippen LogP contribution in [-0.4, -0.2) is 114 Å². The van der Waals surface area contributed by atoms with Crippen LogP contribution < -0.4 is 43.8 Å². The molecule has 9 atom stereocenters. The maximum Gasteiger partial charge on any atom is 0.297 e. The Bertz CT molecular complexity index is 1830. The molecule has 3 saturated carbocycles. The number of benzene rings is 1. The normalized spacial score (nSPS) is 22.1. The maximum absolute atomic E-state index is 13.7. The first-order valence-corrected chi connectivity index (χ1v) is 23.3. The van der Waals surface area contributed by atoms with Crippen molar-refractivity contribution in [2.75, 3.05) is 19.6 Å². The Labute approximate surface area is 380 Å². The number of carbonyl (C=O) groups excluding carboxylic acids is 5. The van der Waals surface area contributed by atoms with Crippen molar-refractivity contribution in [3.05, 3.63) is 47.8 Å². The van der Waals surface area contributed by atoms with E-state index >= 15 is 0 Å². The number of aromatic nitrogens is 2. The third kappa shape index (κ3) is 14.3. The molecule has 354 valence electrons. The van der Waals surface area contributed by atoms with Gasteiger partial charge in [-0.25, -0.2) is 9.97 Å². The summed E-state index contributed by atoms with van der Waals surface area (Å²) in [5.41, 5.74) is 18.6. The van der Waals surface area contributed by atoms with Crippen LogP contribution in [0.15, 0.2) is 36.7 Å². The van der Waals surface area contributed by atoms with Gasteiger partial charge in [0.25, 0.3) is 13.4 Å². The van der Waals surface area contributed by atoms with E-state index in [0.717, 1.165) is 37.7 Å². The molecule has 1 heterocycles. The third-order valence-electron chi connectivity index (χ3n) is 13.2. The molecule has 3 aliphatic rings. The van der Waals surface area contributed by atoms with Gasteiger partial charge in [0.1, 0.15) is 24.2 Å². The van der Waals surface area contributed by atoms with Crippen LogP contribution in [-0.2, 0) is 30.3 Å². The van der Waals surface area contributed by atoms with E-state index in [2.05, 4.69) is 57.3 Å². The van der Waals surface area contributed by atoms with Crippen LogP contribution in [0.5, 0.6) is 0 Å². The van der Waals surface area contributed by atoms with Crippen LogP contribution in [0.3, 0.4) is 0 Å². The van der Waals surface area contributed by atoms with Crippen LogP contribution in [0.1, 0.15) is 128 Å². The van der Waals surface area contributed by atoms with E-state index in [9.17, 15) is 29.1 Å². The highest BCUT2D eigenvalue weighted by Crippen LogP contribution is 2.63. The molecule has 0 radical (unpaired) electrons. The molecule has 17 nitrogen and oxygen atoms in total. The Morgan fingerprint density at radius 3 is 1.86 bits per heavy atom. The number of carbonyl (C=O) groups is 5. The lowest BCUT2D eigenvalue weighted by atomic mass is 9.43. The number of nitrogens with one attached hydrogen (secondary N) is 5. The predicted molar refractivity (Wildman–Crippen MR) is 249 cm³/mol. The minimum absolute atomic E-state index is 0.0633. The average Bonchev–Trinajstić information content (AvgIpc) is 3.26. The molecule has 2 bridgehead atoms. The molecule has 0 saturated heterocycles. The molecule has 3 aliphatic carbocycles. The Balaban J connectivity index is 1.34. The van der Waals surface area contributed by atoms with Gasteiger partial charge in [-0.2, -0.15) is 0 Å². The number of amides is 5. The summed E-state index contributed by atoms with van der Waals surface area (Å²) >= 11 is 0. The third-order valence-corrected chi connectivity index (χ3v) is 13.2. The molecule has 5 amide bonds. The van der Waals surface area contributed by atoms with E-state index in [4.69, 9.17) is 21.9 Å². The molecule has 0 unspecified atom stereocenters. The van der Waals surface area contributed by atoms with Crippen molar-refractivity contribution in [1.82, 2.24) is 36.6 Å². The number of hydrogen-bond acceptors (Lipinski definition) is 12. The smallest absolute Gasteiger partial charge is 0.297 e. The number of nitrogens with zero attached hydrogens (tertiary/aromatic N) is 2. The number of fused-ring (bicyclic) bond motifs is 2. The summed E-state index contributed by atoms with van der Waals surface area (Å²) < 4.78 is 6.19. The van der Waals surface area contributed by atoms with Gasteiger partial charge in [0.2, 0.25) is 23.6 Å². The standard InChI is InChI=1S/C46H75BN10O7/c1-7-8-13-30-16-18-31(19-17-30)39-51-26-32(27-52-39)41(59)56-36(20-23-50)44(62)57-34(14-9-11-21-48)42(60)53-28(2)40(58)55-35(15-10-12-22-49)43(61)54-29(3)47-64-38-25-33-24-37(45(33,4)5)46(38,6)63/h16-19,26-29,33-38,47,63H,7-15,20-25,48-50H2,1-6H3,(H,53,60)(H,54,61)(H,55,58)(H,56,59)(H,57,62)/t28-,29-,33-,34-,35-,36-,37-,38+,46-/m0/s1. The van der Waals surface area contributed by atoms with E-state index in [0.29, 0.717) is 56.9 Å². The average molecular weight is 891 g/mol. The Morgan fingerprint density at radius 1 is 0.750 bits per heavy atom. The monoisotopic (exact) mass is 891 g/mol. The SMILES string of the molecule is CCCCc1ccc(-c2ncc(C(=O)N[C@@H](CCN)C(=O)N[C@@H](CCCCN)C(=O)N[C@@H](C)C(=O)N[C@@H](CCCCN)C(=O)N[C@@H](C)BO[C@@H]3C[C@@H]4C[C@@H](C4(C)C)[C@]3(C)O)cn2)cc1. The first kappa shape index (κ1) is 52.1. The molecule has 0 aliphatic heterocycles. The number of aliphatic hydroxyl groups is 1. The fourth-order valence-corrected chi connectivity index (χ4v) is 8.96. The Hall–Kier alpha value is -4.49. The summed E-state index contributed by atoms with van der Waals surface area (Å²) in [6, 6.07) is 3.80. The van der Waals surface area contributed by atoms with Crippen molar-refractivity contribution in [1.29, 1.82) is 0 Å². The minimum atomic E-state index is -1.09. The number of hydrogen-bond donors (Lipinski definition) is 9. The van der Waals surface area contributed by atoms with Crippen molar-refractivity contribution in [2.24, 2.45) is 34.5 Å². The van der Waals surface area contributed by atoms with Gasteiger partial charge in [-0.05, 0) is 134 Å². The molecular formula is C46H75BN10O7. The lowest BCUT2D eigenvalue weighted by Crippen LogP contribution is -2.67. The van der Waals surface area contributed by atoms with E-state index in [-0.39, 0.29) is 49.9 Å². The quantitative estimate of drug-likeness (QED) is 0.0458. The van der Waals surface area contributed by atoms with E-state index in [1.165, 1.54) is 24.9 Å². The second kappa shape index (κ2) is 24.7. The van der Waals surface area contributed by atoms with E-state index < -0.39 is 65.2 Å². The highest BCUT2D eigenvalue weighted by molar-refractivity contribution is 6.30. The molecule has 5 rings (SSSR count). The predicted octanol–water partition coefficient (Wildman–Crippen LogP) is 1.68. The molecule has 12 N–H and O–H groups in total. The summed E-state index contributed by atoms with van der Waals surface area (Å²) in [4.78, 5) is 76.6. The molecule has 2 aromatic rings. The fourth-order valence-electron chi connectivity index (χ4n) is 8.96. The van der Waals surface area contributed by atoms with Gasteiger partial charge in [0.05, 0.1) is 17.3 Å². The van der Waals surface area contributed by atoms with E-state index in [1.54, 1.807) is 0 Å². The van der Waals surface area contributed by atoms with E-state index in [1.807, 2.05) is 38.1 Å². The van der Waals surface area contributed by atoms with Gasteiger partial charge in [-0.15, -0.1) is 0 Å². The molecule has 3 fully saturated rings. The molecule has 64 heavy (non-hydrogen) atoms. The van der Waals surface area contributed by atoms with Crippen molar-refractivity contribution in [3.63, 3.8) is 0 Å². The Kier molecular flexibility index (Phi) is 20.1. The zero-order chi connectivity index (χ0) is 47.0. The van der Waals surface area contributed by atoms with Crippen LogP contribution in [0.2, 0.25) is 0 Å². The topological polar surface area (TPSA) is 279 Å². The number of aryl methyl sites for hydroxylation is 1. The summed E-state index contributed by atoms with van der Waals surface area (Å²) in [5, 5.41) is 25.2. The fraction of sp³-hybridized carbons (Fsp3) is 0.674. The van der Waals surface area contributed by atoms with Crippen molar-refractivity contribution < 1.29 is 33.7 Å². The first-order chi connectivity index (χ1) is 30.5. The second-order valence-electron chi connectivity index (χ2n) is 18.6. The highest BCUT2D eigenvalue weighted by atomic mass is 16.5. The molecular weight excluding hydrogens is 815 g/mol. The summed E-state index contributed by atoms with van der Waals surface area (Å²) in [7, 11) is 0.186. The molecule has 18 heteroatoms. The summed E-state index contributed by atoms with van der Waals surface area (Å²) in [5.74, 6) is -2.18. The van der Waals surface area contributed by atoms with Crippen LogP contribution in [0.4, 0.5) is 0 Å². The van der Waals surface area contributed by atoms with Gasteiger partial charge in [0.15, 0.2) is 5.82 Å². The summed E-state index contributed by atoms with van der Waals surface area (Å²) in [6.45, 7) is 12.5. The zero-order valence-corrected chi connectivity index (χ0v) is 38.9. The van der Waals surface area contributed by atoms with Crippen LogP contribution in [0.25, 0.3) is 11.4 Å². The molecule has 1 aromatic carbocycles. The van der Waals surface area contributed by atoms with Crippen LogP contribution >= 0.6 is 0 Å². The largest absolute Gasteiger partial charge is 0.432 e. The van der Waals surface area contributed by atoms with Gasteiger partial charge in [-0.1, -0.05) is 51.5 Å². The lowest BCUT2D eigenvalue weighted by Gasteiger charge is -2.65. The van der Waals surface area contributed by atoms with Crippen LogP contribution in [0, 0.1) is 17.3 Å². The van der Waals surface area contributed by atoms with Gasteiger partial charge in [0, 0.05) is 23.9 Å². The van der Waals surface area contributed by atoms with Gasteiger partial charge >= 0.3 is 0 Å². The highest BCUT2D eigenvalue weighted by Gasteiger charge is 2.63. The summed E-state index contributed by atoms with van der Waals surface area (Å²) in [6.07, 6.45) is 10.3. The van der Waals surface area contributed by atoms with Crippen molar-refractivity contribution in [3.8, 4) is 11.4 Å². The number of unbranched alkanes of at least 4 members (excludes halogenated alkanes) is 3. The number of rotatable bonds is 27. The van der Waals surface area contributed by atoms with Crippen molar-refractivity contribution >= 4 is 37.0 Å². The number of nitrogens with two attached hydrogens (primary N) is 3. The minimum Gasteiger partial charge on any atom is -0.432 e. The Morgan fingerprint density at radius 2 is 1.31 bits per heavy atom. The van der Waals surface area contributed by atoms with Crippen molar-refractivity contribution in [2.45, 2.75) is 160 Å². The molecule has 0 spiro atoms. The zero-order valence-electron chi connectivity index (χ0n) is 38.9. The maximum atomic E-state index is 13.7. The van der Waals surface area contributed by atoms with Gasteiger partial charge < -0.3 is 53.5 Å². The second-order valence-corrected chi connectivity index (χ2v) is 18.6. The first-order valence-electron chi connectivity index (χ1n) is 23.3. The van der Waals surface area contributed by atoms with Gasteiger partial charge in [-0.3, -0.25) is 24.0 Å².